The maximum absolute atomic E-state index is 11.2. The van der Waals surface area contributed by atoms with Crippen molar-refractivity contribution in [3.05, 3.63) is 42.0 Å². The van der Waals surface area contributed by atoms with Gasteiger partial charge in [-0.2, -0.15) is 0 Å². The zero-order valence-electron chi connectivity index (χ0n) is 10.9. The molecule has 1 N–H and O–H groups in total. The van der Waals surface area contributed by atoms with Crippen LogP contribution in [0.4, 0.5) is 0 Å². The van der Waals surface area contributed by atoms with Gasteiger partial charge in [-0.05, 0) is 18.2 Å². The van der Waals surface area contributed by atoms with E-state index < -0.39 is 15.0 Å². The molecule has 2 rings (SSSR count). The minimum Gasteiger partial charge on any atom is -0.485 e. The molecule has 9 heteroatoms. The first-order chi connectivity index (χ1) is 9.79. The summed E-state index contributed by atoms with van der Waals surface area (Å²) in [6, 6.07) is 3.39. The van der Waals surface area contributed by atoms with Crippen LogP contribution in [-0.2, 0) is 22.7 Å². The highest BCUT2D eigenvalue weighted by Crippen LogP contribution is 2.25. The van der Waals surface area contributed by atoms with Crippen LogP contribution < -0.4 is 4.74 Å². The molecule has 1 heterocycles. The first-order valence-corrected chi connectivity index (χ1v) is 8.01. The number of hydrogen-bond donors (Lipinski definition) is 1. The second-order valence-electron chi connectivity index (χ2n) is 4.14. The van der Waals surface area contributed by atoms with Gasteiger partial charge in [0.2, 0.25) is 0 Å². The summed E-state index contributed by atoms with van der Waals surface area (Å²) in [5.74, 6) is -0.679. The summed E-state index contributed by atoms with van der Waals surface area (Å²) >= 11 is 0. The number of carboxylic acids is 1. The zero-order chi connectivity index (χ0) is 15.6. The average molecular weight is 331 g/mol. The summed E-state index contributed by atoms with van der Waals surface area (Å²) in [6.45, 7) is 0.0523. The first-order valence-electron chi connectivity index (χ1n) is 5.70. The molecule has 0 aliphatic carbocycles. The van der Waals surface area contributed by atoms with E-state index in [1.807, 2.05) is 0 Å². The molecule has 0 bridgehead atoms. The number of aromatic nitrogens is 2. The molecule has 21 heavy (non-hydrogen) atoms. The minimum atomic E-state index is -4.00. The fourth-order valence-electron chi connectivity index (χ4n) is 1.63. The van der Waals surface area contributed by atoms with Crippen molar-refractivity contribution in [2.45, 2.75) is 11.5 Å². The van der Waals surface area contributed by atoms with E-state index in [2.05, 4.69) is 4.98 Å². The second-order valence-corrected chi connectivity index (χ2v) is 6.71. The van der Waals surface area contributed by atoms with Gasteiger partial charge in [0.1, 0.15) is 23.7 Å². The Morgan fingerprint density at radius 3 is 2.71 bits per heavy atom. The van der Waals surface area contributed by atoms with Gasteiger partial charge in [-0.15, -0.1) is 0 Å². The van der Waals surface area contributed by atoms with Crippen LogP contribution in [0.2, 0.25) is 0 Å². The van der Waals surface area contributed by atoms with Gasteiger partial charge in [0.15, 0.2) is 0 Å². The molecule has 0 radical (unpaired) electrons. The fraction of sp³-hybridized carbons (Fsp3) is 0.167. The van der Waals surface area contributed by atoms with Gasteiger partial charge in [0, 0.05) is 30.1 Å². The molecule has 0 amide bonds. The summed E-state index contributed by atoms with van der Waals surface area (Å²) in [7, 11) is 2.96. The van der Waals surface area contributed by atoms with Crippen LogP contribution in [0.15, 0.2) is 35.5 Å². The molecule has 112 valence electrons. The number of hydrogen-bond acceptors (Lipinski definition) is 5. The number of nitrogens with zero attached hydrogens (tertiary/aromatic N) is 2. The summed E-state index contributed by atoms with van der Waals surface area (Å²) in [5, 5.41) is 9.13. The number of carbonyl (C=O) groups is 1. The van der Waals surface area contributed by atoms with Gasteiger partial charge in [-0.3, -0.25) is 0 Å². The van der Waals surface area contributed by atoms with Crippen LogP contribution >= 0.6 is 10.7 Å². The number of halogens is 1. The number of imidazole rings is 1. The van der Waals surface area contributed by atoms with Gasteiger partial charge in [0.25, 0.3) is 9.05 Å². The van der Waals surface area contributed by atoms with E-state index in [1.54, 1.807) is 24.0 Å². The van der Waals surface area contributed by atoms with Crippen molar-refractivity contribution in [1.29, 1.82) is 0 Å². The Hall–Kier alpha value is -2.06. The van der Waals surface area contributed by atoms with E-state index in [4.69, 9.17) is 20.5 Å². The van der Waals surface area contributed by atoms with Crippen LogP contribution in [0.5, 0.6) is 5.75 Å². The highest BCUT2D eigenvalue weighted by atomic mass is 35.7. The maximum atomic E-state index is 11.2. The van der Waals surface area contributed by atoms with E-state index in [0.717, 1.165) is 6.07 Å². The number of ether oxygens (including phenoxy) is 1. The van der Waals surface area contributed by atoms with Gasteiger partial charge >= 0.3 is 5.97 Å². The average Bonchev–Trinajstić information content (AvgIpc) is 2.80. The third-order valence-electron chi connectivity index (χ3n) is 2.74. The molecule has 7 nitrogen and oxygen atoms in total. The lowest BCUT2D eigenvalue weighted by atomic mass is 10.2. The Morgan fingerprint density at radius 2 is 2.19 bits per heavy atom. The summed E-state index contributed by atoms with van der Waals surface area (Å²) in [5.41, 5.74) is -0.286. The van der Waals surface area contributed by atoms with Gasteiger partial charge in [0.05, 0.1) is 4.90 Å². The topological polar surface area (TPSA) is 98.5 Å². The van der Waals surface area contributed by atoms with Crippen molar-refractivity contribution in [1.82, 2.24) is 9.55 Å². The fourth-order valence-corrected chi connectivity index (χ4v) is 2.41. The predicted molar refractivity (Wildman–Crippen MR) is 74.0 cm³/mol. The number of aromatic carboxylic acids is 1. The molecule has 0 fully saturated rings. The number of carboxylic acid groups (broad SMARTS) is 1. The van der Waals surface area contributed by atoms with Crippen molar-refractivity contribution < 1.29 is 23.1 Å². The standard InChI is InChI=1S/C12H11ClN2O5S/c1-15-5-4-14-11(15)7-20-10-3-2-8(21(13,18)19)6-9(10)12(16)17/h2-6H,7H2,1H3,(H,16,17). The summed E-state index contributed by atoms with van der Waals surface area (Å²) in [4.78, 5) is 14.9. The van der Waals surface area contributed by atoms with E-state index in [-0.39, 0.29) is 22.8 Å². The molecular formula is C12H11ClN2O5S. The van der Waals surface area contributed by atoms with Crippen LogP contribution in [0.3, 0.4) is 0 Å². The number of aryl methyl sites for hydroxylation is 1. The molecule has 0 unspecified atom stereocenters. The third kappa shape index (κ3) is 3.53. The Labute approximate surface area is 125 Å². The largest absolute Gasteiger partial charge is 0.485 e. The van der Waals surface area contributed by atoms with Crippen LogP contribution in [-0.4, -0.2) is 29.0 Å². The Balaban J connectivity index is 2.31. The lowest BCUT2D eigenvalue weighted by molar-refractivity contribution is 0.0691. The molecular weight excluding hydrogens is 320 g/mol. The van der Waals surface area contributed by atoms with E-state index in [0.29, 0.717) is 5.82 Å². The van der Waals surface area contributed by atoms with Crippen LogP contribution in [0.1, 0.15) is 16.2 Å². The molecule has 1 aromatic heterocycles. The SMILES string of the molecule is Cn1ccnc1COc1ccc(S(=O)(=O)Cl)cc1C(=O)O. The van der Waals surface area contributed by atoms with Gasteiger partial charge in [-0.25, -0.2) is 18.2 Å². The highest BCUT2D eigenvalue weighted by Gasteiger charge is 2.18. The molecule has 1 aromatic carbocycles. The van der Waals surface area contributed by atoms with Crippen molar-refractivity contribution in [3.63, 3.8) is 0 Å². The van der Waals surface area contributed by atoms with Crippen LogP contribution in [0.25, 0.3) is 0 Å². The summed E-state index contributed by atoms with van der Waals surface area (Å²) < 4.78 is 29.6. The molecule has 2 aromatic rings. The quantitative estimate of drug-likeness (QED) is 0.836. The molecule has 0 aliphatic rings. The van der Waals surface area contributed by atoms with Gasteiger partial charge in [-0.1, -0.05) is 0 Å². The van der Waals surface area contributed by atoms with Crippen LogP contribution in [0, 0.1) is 0 Å². The van der Waals surface area contributed by atoms with Crippen molar-refractivity contribution in [2.24, 2.45) is 7.05 Å². The van der Waals surface area contributed by atoms with E-state index in [1.165, 1.54) is 12.1 Å². The monoisotopic (exact) mass is 330 g/mol. The zero-order valence-corrected chi connectivity index (χ0v) is 12.4. The first kappa shape index (κ1) is 15.3. The number of rotatable bonds is 5. The smallest absolute Gasteiger partial charge is 0.339 e. The van der Waals surface area contributed by atoms with E-state index >= 15 is 0 Å². The van der Waals surface area contributed by atoms with Crippen molar-refractivity contribution >= 4 is 25.7 Å². The summed E-state index contributed by atoms with van der Waals surface area (Å²) in [6.07, 6.45) is 3.31. The van der Waals surface area contributed by atoms with Crippen molar-refractivity contribution in [2.75, 3.05) is 0 Å². The lowest BCUT2D eigenvalue weighted by Crippen LogP contribution is -2.07. The molecule has 0 saturated carbocycles. The number of benzene rings is 1. The molecule has 0 aliphatic heterocycles. The predicted octanol–water partition coefficient (Wildman–Crippen LogP) is 1.62. The Kier molecular flexibility index (Phi) is 4.19. The minimum absolute atomic E-state index is 0.0366. The van der Waals surface area contributed by atoms with Gasteiger partial charge < -0.3 is 14.4 Å². The normalized spacial score (nSPS) is 11.3. The van der Waals surface area contributed by atoms with E-state index in [9.17, 15) is 13.2 Å². The maximum Gasteiger partial charge on any atom is 0.339 e. The Morgan fingerprint density at radius 1 is 1.48 bits per heavy atom. The molecule has 0 atom stereocenters. The second kappa shape index (κ2) is 5.74. The molecule has 0 saturated heterocycles. The molecule has 0 spiro atoms. The highest BCUT2D eigenvalue weighted by molar-refractivity contribution is 8.13. The lowest BCUT2D eigenvalue weighted by Gasteiger charge is -2.10. The third-order valence-corrected chi connectivity index (χ3v) is 4.09. The van der Waals surface area contributed by atoms with Crippen molar-refractivity contribution in [3.8, 4) is 5.75 Å². The Bertz CT molecular complexity index is 785.